The molecule has 12 nitrogen and oxygen atoms in total. The Bertz CT molecular complexity index is 1320. The van der Waals surface area contributed by atoms with Crippen LogP contribution in [0.4, 0.5) is 5.69 Å². The molecule has 2 atom stereocenters. The topological polar surface area (TPSA) is 131 Å². The number of fused-ring (bicyclic) bond motifs is 5. The quantitative estimate of drug-likeness (QED) is 0.227. The van der Waals surface area contributed by atoms with Gasteiger partial charge < -0.3 is 29.2 Å². The maximum absolute atomic E-state index is 13.6. The van der Waals surface area contributed by atoms with Gasteiger partial charge in [-0.1, -0.05) is 61.5 Å². The standard InChI is InChI=1S/C34H47N5O7/c1-25(2)30(40)14-16-43-18-20-45-22-23-46-21-19-44-17-15-35-31(41)12-13-32(42)39-24-26-8-4-5-9-27(26)34-33(36-37-38(34)3)28-10-6-7-11-29(28)39/h4-11,25,33-34H,12-24H2,1-3H3,(H,35,41). The van der Waals surface area contributed by atoms with E-state index in [9.17, 15) is 14.4 Å². The van der Waals surface area contributed by atoms with Crippen LogP contribution in [0.25, 0.3) is 0 Å². The van der Waals surface area contributed by atoms with Crippen LogP contribution >= 0.6 is 0 Å². The van der Waals surface area contributed by atoms with E-state index in [4.69, 9.17) is 18.9 Å². The number of carbonyl (C=O) groups excluding carboxylic acids is 3. The van der Waals surface area contributed by atoms with Crippen molar-refractivity contribution < 1.29 is 33.3 Å². The van der Waals surface area contributed by atoms with E-state index in [0.717, 1.165) is 22.4 Å². The average molecular weight is 638 g/mol. The van der Waals surface area contributed by atoms with Crippen LogP contribution in [0.5, 0.6) is 0 Å². The first-order valence-corrected chi connectivity index (χ1v) is 16.1. The first-order valence-electron chi connectivity index (χ1n) is 16.1. The highest BCUT2D eigenvalue weighted by atomic mass is 16.6. The second-order valence-corrected chi connectivity index (χ2v) is 11.6. The van der Waals surface area contributed by atoms with Crippen molar-refractivity contribution in [3.8, 4) is 0 Å². The summed E-state index contributed by atoms with van der Waals surface area (Å²) in [6, 6.07) is 15.6. The molecule has 0 saturated heterocycles. The third kappa shape index (κ3) is 10.1. The van der Waals surface area contributed by atoms with Gasteiger partial charge in [0, 0.05) is 50.0 Å². The average Bonchev–Trinajstić information content (AvgIpc) is 3.43. The zero-order valence-corrected chi connectivity index (χ0v) is 27.2. The molecule has 2 aromatic rings. The molecule has 0 aliphatic carbocycles. The molecule has 2 aromatic carbocycles. The van der Waals surface area contributed by atoms with E-state index < -0.39 is 0 Å². The van der Waals surface area contributed by atoms with Crippen LogP contribution in [0, 0.1) is 5.92 Å². The Labute approximate surface area is 271 Å². The summed E-state index contributed by atoms with van der Waals surface area (Å²) in [4.78, 5) is 39.4. The SMILES string of the molecule is CC(C)C(=O)CCOCCOCCOCCOCCNC(=O)CCC(=O)N1Cc2ccccc2C2C(N=NN2C)c2ccccc21. The fourth-order valence-electron chi connectivity index (χ4n) is 5.42. The fraction of sp³-hybridized carbons (Fsp3) is 0.559. The highest BCUT2D eigenvalue weighted by molar-refractivity contribution is 5.96. The minimum Gasteiger partial charge on any atom is -0.379 e. The number of rotatable bonds is 19. The summed E-state index contributed by atoms with van der Waals surface area (Å²) in [6.07, 6.45) is 0.596. The van der Waals surface area contributed by atoms with Crippen molar-refractivity contribution in [1.82, 2.24) is 10.3 Å². The molecule has 0 aromatic heterocycles. The van der Waals surface area contributed by atoms with Gasteiger partial charge in [-0.15, -0.1) is 0 Å². The van der Waals surface area contributed by atoms with E-state index >= 15 is 0 Å². The monoisotopic (exact) mass is 637 g/mol. The van der Waals surface area contributed by atoms with Gasteiger partial charge in [-0.25, -0.2) is 0 Å². The number of likely N-dealkylation sites (N-methyl/N-ethyl adjacent to an activating group) is 1. The van der Waals surface area contributed by atoms with Gasteiger partial charge in [0.1, 0.15) is 17.9 Å². The lowest BCUT2D eigenvalue weighted by atomic mass is 9.87. The molecular weight excluding hydrogens is 590 g/mol. The fourth-order valence-corrected chi connectivity index (χ4v) is 5.42. The van der Waals surface area contributed by atoms with E-state index in [-0.39, 0.29) is 48.4 Å². The Morgan fingerprint density at radius 2 is 1.41 bits per heavy atom. The van der Waals surface area contributed by atoms with Crippen LogP contribution in [0.3, 0.4) is 0 Å². The predicted octanol–water partition coefficient (Wildman–Crippen LogP) is 4.21. The third-order valence-corrected chi connectivity index (χ3v) is 7.96. The maximum atomic E-state index is 13.6. The van der Waals surface area contributed by atoms with Gasteiger partial charge in [0.25, 0.3) is 0 Å². The van der Waals surface area contributed by atoms with Gasteiger partial charge in [-0.2, -0.15) is 5.11 Å². The van der Waals surface area contributed by atoms with Crippen LogP contribution in [-0.2, 0) is 39.9 Å². The Hall–Kier alpha value is -3.71. The molecule has 250 valence electrons. The number of anilines is 1. The minimum atomic E-state index is -0.232. The number of hydrogen-bond acceptors (Lipinski definition) is 10. The van der Waals surface area contributed by atoms with Gasteiger partial charge in [-0.3, -0.25) is 19.4 Å². The lowest BCUT2D eigenvalue weighted by molar-refractivity contribution is -0.125. The highest BCUT2D eigenvalue weighted by Crippen LogP contribution is 2.47. The van der Waals surface area contributed by atoms with Crippen molar-refractivity contribution in [3.63, 3.8) is 0 Å². The number of carbonyl (C=O) groups is 3. The van der Waals surface area contributed by atoms with Gasteiger partial charge >= 0.3 is 0 Å². The van der Waals surface area contributed by atoms with E-state index in [1.165, 1.54) is 0 Å². The second-order valence-electron chi connectivity index (χ2n) is 11.6. The number of para-hydroxylation sites is 1. The van der Waals surface area contributed by atoms with Gasteiger partial charge in [-0.05, 0) is 17.2 Å². The van der Waals surface area contributed by atoms with Crippen molar-refractivity contribution in [3.05, 3.63) is 65.2 Å². The summed E-state index contributed by atoms with van der Waals surface area (Å²) in [7, 11) is 1.92. The minimum absolute atomic E-state index is 0.0405. The van der Waals surface area contributed by atoms with Crippen molar-refractivity contribution in [2.75, 3.05) is 71.3 Å². The summed E-state index contributed by atoms with van der Waals surface area (Å²) in [5.74, 6) is -0.0815. The van der Waals surface area contributed by atoms with E-state index in [1.807, 2.05) is 68.4 Å². The van der Waals surface area contributed by atoms with Crippen molar-refractivity contribution in [2.45, 2.75) is 51.7 Å². The number of ketones is 1. The molecule has 2 heterocycles. The largest absolute Gasteiger partial charge is 0.379 e. The molecule has 0 saturated carbocycles. The number of hydrogen-bond donors (Lipinski definition) is 1. The van der Waals surface area contributed by atoms with Crippen LogP contribution in [0.15, 0.2) is 58.9 Å². The molecule has 0 bridgehead atoms. The van der Waals surface area contributed by atoms with Gasteiger partial charge in [0.2, 0.25) is 11.8 Å². The van der Waals surface area contributed by atoms with Crippen molar-refractivity contribution in [2.24, 2.45) is 16.3 Å². The molecule has 2 unspecified atom stereocenters. The van der Waals surface area contributed by atoms with Gasteiger partial charge in [0.15, 0.2) is 0 Å². The zero-order valence-electron chi connectivity index (χ0n) is 27.2. The van der Waals surface area contributed by atoms with Gasteiger partial charge in [0.05, 0.1) is 59.4 Å². The Morgan fingerprint density at radius 3 is 2.11 bits per heavy atom. The van der Waals surface area contributed by atoms with Crippen LogP contribution in [-0.4, -0.2) is 89.1 Å². The molecule has 0 fully saturated rings. The smallest absolute Gasteiger partial charge is 0.227 e. The first kappa shape index (κ1) is 35.1. The molecule has 46 heavy (non-hydrogen) atoms. The molecule has 12 heteroatoms. The molecule has 2 amide bonds. The summed E-state index contributed by atoms with van der Waals surface area (Å²) in [5, 5.41) is 13.6. The van der Waals surface area contributed by atoms with Crippen LogP contribution in [0.2, 0.25) is 0 Å². The Balaban J connectivity index is 1.09. The van der Waals surface area contributed by atoms with Crippen molar-refractivity contribution >= 4 is 23.3 Å². The summed E-state index contributed by atoms with van der Waals surface area (Å²) in [5.41, 5.74) is 3.88. The number of nitrogens with zero attached hydrogens (tertiary/aromatic N) is 4. The molecule has 0 spiro atoms. The lowest BCUT2D eigenvalue weighted by Crippen LogP contribution is -2.36. The second kappa shape index (κ2) is 18.4. The normalized spacial score (nSPS) is 16.9. The first-order chi connectivity index (χ1) is 22.4. The van der Waals surface area contributed by atoms with E-state index in [1.54, 1.807) is 4.90 Å². The summed E-state index contributed by atoms with van der Waals surface area (Å²) >= 11 is 0. The molecule has 2 aliphatic heterocycles. The lowest BCUT2D eigenvalue weighted by Gasteiger charge is -2.34. The van der Waals surface area contributed by atoms with E-state index in [2.05, 4.69) is 21.7 Å². The van der Waals surface area contributed by atoms with Crippen LogP contribution in [0.1, 0.15) is 61.9 Å². The Morgan fingerprint density at radius 1 is 0.804 bits per heavy atom. The number of Topliss-reactive ketones (excluding diaryl/α,β-unsaturated/α-hetero) is 1. The zero-order chi connectivity index (χ0) is 32.7. The molecular formula is C34H47N5O7. The summed E-state index contributed by atoms with van der Waals surface area (Å²) in [6.45, 7) is 7.88. The molecule has 1 N–H and O–H groups in total. The third-order valence-electron chi connectivity index (χ3n) is 7.96. The van der Waals surface area contributed by atoms with Crippen molar-refractivity contribution in [1.29, 1.82) is 0 Å². The molecule has 4 rings (SSSR count). The maximum Gasteiger partial charge on any atom is 0.227 e. The number of nitrogens with one attached hydrogen (secondary N) is 1. The van der Waals surface area contributed by atoms with E-state index in [0.29, 0.717) is 72.4 Å². The molecule has 2 aliphatic rings. The molecule has 0 radical (unpaired) electrons. The summed E-state index contributed by atoms with van der Waals surface area (Å²) < 4.78 is 21.9. The number of amides is 2. The Kier molecular flexibility index (Phi) is 14.1. The highest BCUT2D eigenvalue weighted by Gasteiger charge is 2.39. The predicted molar refractivity (Wildman–Crippen MR) is 172 cm³/mol. The van der Waals surface area contributed by atoms with Crippen LogP contribution < -0.4 is 10.2 Å². The number of ether oxygens (including phenoxy) is 4. The number of benzene rings is 2.